The number of halogens is 2. The molecule has 0 spiro atoms. The molecule has 5 nitrogen and oxygen atoms in total. The van der Waals surface area contributed by atoms with Crippen LogP contribution in [0.2, 0.25) is 10.2 Å². The molecule has 0 fully saturated rings. The van der Waals surface area contributed by atoms with Gasteiger partial charge >= 0.3 is 0 Å². The first-order valence-electron chi connectivity index (χ1n) is 5.15. The number of rotatable bonds is 3. The molecule has 0 atom stereocenters. The standard InChI is InChI=1S/C11H9Cl2N3O2S/c1-7-8(12)3-2-4-9(7)19(17,18)16-11-5-10(13)14-6-15-11/h2-6H,1H3,(H,14,15,16). The fraction of sp³-hybridized carbons (Fsp3) is 0.0909. The molecular weight excluding hydrogens is 309 g/mol. The molecule has 1 aromatic heterocycles. The molecule has 0 amide bonds. The van der Waals surface area contributed by atoms with Crippen LogP contribution in [-0.2, 0) is 10.0 Å². The normalized spacial score (nSPS) is 11.3. The van der Waals surface area contributed by atoms with Crippen LogP contribution in [0.25, 0.3) is 0 Å². The second-order valence-electron chi connectivity index (χ2n) is 3.69. The molecule has 100 valence electrons. The van der Waals surface area contributed by atoms with E-state index in [-0.39, 0.29) is 15.9 Å². The molecule has 8 heteroatoms. The van der Waals surface area contributed by atoms with E-state index in [0.29, 0.717) is 10.6 Å². The third-order valence-corrected chi connectivity index (χ3v) is 4.50. The summed E-state index contributed by atoms with van der Waals surface area (Å²) in [7, 11) is -3.77. The average Bonchev–Trinajstić information content (AvgIpc) is 2.32. The number of hydrogen-bond donors (Lipinski definition) is 1. The van der Waals surface area contributed by atoms with Crippen molar-refractivity contribution in [2.24, 2.45) is 0 Å². The molecule has 0 bridgehead atoms. The summed E-state index contributed by atoms with van der Waals surface area (Å²) in [4.78, 5) is 7.55. The van der Waals surface area contributed by atoms with Gasteiger partial charge in [-0.05, 0) is 24.6 Å². The van der Waals surface area contributed by atoms with E-state index in [1.165, 1.54) is 18.5 Å². The monoisotopic (exact) mass is 317 g/mol. The van der Waals surface area contributed by atoms with Crippen LogP contribution in [0, 0.1) is 6.92 Å². The van der Waals surface area contributed by atoms with Gasteiger partial charge in [0.05, 0.1) is 4.90 Å². The van der Waals surface area contributed by atoms with Crippen molar-refractivity contribution in [2.45, 2.75) is 11.8 Å². The summed E-state index contributed by atoms with van der Waals surface area (Å²) in [6.07, 6.45) is 1.17. The van der Waals surface area contributed by atoms with Crippen LogP contribution < -0.4 is 4.72 Å². The first-order valence-corrected chi connectivity index (χ1v) is 7.39. The minimum atomic E-state index is -3.77. The zero-order chi connectivity index (χ0) is 14.0. The number of sulfonamides is 1. The van der Waals surface area contributed by atoms with Gasteiger partial charge in [-0.2, -0.15) is 0 Å². The van der Waals surface area contributed by atoms with Gasteiger partial charge in [-0.25, -0.2) is 18.4 Å². The van der Waals surface area contributed by atoms with Crippen LogP contribution in [-0.4, -0.2) is 18.4 Å². The van der Waals surface area contributed by atoms with Crippen molar-refractivity contribution in [3.05, 3.63) is 46.3 Å². The van der Waals surface area contributed by atoms with Crippen molar-refractivity contribution in [3.63, 3.8) is 0 Å². The SMILES string of the molecule is Cc1c(Cl)cccc1S(=O)(=O)Nc1cc(Cl)ncn1. The number of aromatic nitrogens is 2. The Balaban J connectivity index is 2.41. The fourth-order valence-corrected chi connectivity index (χ4v) is 3.11. The molecule has 0 aliphatic rings. The highest BCUT2D eigenvalue weighted by molar-refractivity contribution is 7.92. The number of nitrogens with zero attached hydrogens (tertiary/aromatic N) is 2. The van der Waals surface area contributed by atoms with Gasteiger partial charge in [-0.1, -0.05) is 29.3 Å². The molecule has 1 aromatic carbocycles. The second kappa shape index (κ2) is 5.32. The minimum absolute atomic E-state index is 0.0923. The van der Waals surface area contributed by atoms with Crippen LogP contribution in [0.1, 0.15) is 5.56 Å². The van der Waals surface area contributed by atoms with Gasteiger partial charge in [0, 0.05) is 11.1 Å². The Kier molecular flexibility index (Phi) is 3.93. The molecule has 2 aromatic rings. The van der Waals surface area contributed by atoms with Gasteiger partial charge < -0.3 is 0 Å². The van der Waals surface area contributed by atoms with Crippen LogP contribution in [0.3, 0.4) is 0 Å². The largest absolute Gasteiger partial charge is 0.263 e. The van der Waals surface area contributed by atoms with Crippen LogP contribution >= 0.6 is 23.2 Å². The van der Waals surface area contributed by atoms with Gasteiger partial charge in [0.1, 0.15) is 17.3 Å². The fourth-order valence-electron chi connectivity index (χ4n) is 1.46. The molecule has 0 radical (unpaired) electrons. The molecule has 0 saturated carbocycles. The highest BCUT2D eigenvalue weighted by atomic mass is 35.5. The molecule has 1 heterocycles. The first-order chi connectivity index (χ1) is 8.90. The van der Waals surface area contributed by atoms with E-state index < -0.39 is 10.0 Å². The van der Waals surface area contributed by atoms with Gasteiger partial charge in [0.25, 0.3) is 10.0 Å². The van der Waals surface area contributed by atoms with E-state index in [2.05, 4.69) is 14.7 Å². The lowest BCUT2D eigenvalue weighted by Crippen LogP contribution is -2.15. The molecular formula is C11H9Cl2N3O2S. The number of hydrogen-bond acceptors (Lipinski definition) is 4. The highest BCUT2D eigenvalue weighted by Gasteiger charge is 2.18. The van der Waals surface area contributed by atoms with E-state index in [0.717, 1.165) is 0 Å². The maximum atomic E-state index is 12.2. The first kappa shape index (κ1) is 14.0. The minimum Gasteiger partial charge on any atom is -0.263 e. The number of nitrogens with one attached hydrogen (secondary N) is 1. The maximum absolute atomic E-state index is 12.2. The summed E-state index contributed by atoms with van der Waals surface area (Å²) in [5.41, 5.74) is 0.469. The Bertz CT molecular complexity index is 720. The third-order valence-electron chi connectivity index (χ3n) is 2.38. The van der Waals surface area contributed by atoms with Gasteiger partial charge in [0.2, 0.25) is 0 Å². The smallest absolute Gasteiger partial charge is 0.263 e. The predicted octanol–water partition coefficient (Wildman–Crippen LogP) is 2.89. The van der Waals surface area contributed by atoms with Crippen molar-refractivity contribution in [2.75, 3.05) is 4.72 Å². The molecule has 19 heavy (non-hydrogen) atoms. The van der Waals surface area contributed by atoms with E-state index in [4.69, 9.17) is 23.2 Å². The van der Waals surface area contributed by atoms with E-state index in [1.807, 2.05) is 0 Å². The summed E-state index contributed by atoms with van der Waals surface area (Å²) >= 11 is 11.6. The van der Waals surface area contributed by atoms with Crippen molar-refractivity contribution in [1.82, 2.24) is 9.97 Å². The lowest BCUT2D eigenvalue weighted by Gasteiger charge is -2.10. The van der Waals surface area contributed by atoms with Gasteiger partial charge in [-0.3, -0.25) is 4.72 Å². The molecule has 0 aliphatic heterocycles. The van der Waals surface area contributed by atoms with Crippen molar-refractivity contribution in [1.29, 1.82) is 0 Å². The van der Waals surface area contributed by atoms with Crippen molar-refractivity contribution >= 4 is 39.0 Å². The highest BCUT2D eigenvalue weighted by Crippen LogP contribution is 2.24. The van der Waals surface area contributed by atoms with Crippen molar-refractivity contribution in [3.8, 4) is 0 Å². The summed E-state index contributed by atoms with van der Waals surface area (Å²) in [5, 5.41) is 0.527. The van der Waals surface area contributed by atoms with Crippen LogP contribution in [0.15, 0.2) is 35.5 Å². The Morgan fingerprint density at radius 2 is 1.95 bits per heavy atom. The van der Waals surface area contributed by atoms with Crippen molar-refractivity contribution < 1.29 is 8.42 Å². The summed E-state index contributed by atoms with van der Waals surface area (Å²) in [6, 6.07) is 5.97. The van der Waals surface area contributed by atoms with Crippen LogP contribution in [0.4, 0.5) is 5.82 Å². The maximum Gasteiger partial charge on any atom is 0.263 e. The molecule has 2 rings (SSSR count). The molecule has 0 saturated heterocycles. The quantitative estimate of drug-likeness (QED) is 0.883. The Morgan fingerprint density at radius 3 is 2.63 bits per heavy atom. The number of anilines is 1. The zero-order valence-corrected chi connectivity index (χ0v) is 12.1. The van der Waals surface area contributed by atoms with Gasteiger partial charge in [0.15, 0.2) is 0 Å². The second-order valence-corrected chi connectivity index (χ2v) is 6.14. The number of benzene rings is 1. The zero-order valence-electron chi connectivity index (χ0n) is 9.76. The van der Waals surface area contributed by atoms with Crippen LogP contribution in [0.5, 0.6) is 0 Å². The average molecular weight is 318 g/mol. The van der Waals surface area contributed by atoms with E-state index in [1.54, 1.807) is 19.1 Å². The molecule has 0 unspecified atom stereocenters. The predicted molar refractivity (Wildman–Crippen MR) is 74.0 cm³/mol. The Hall–Kier alpha value is -1.37. The topological polar surface area (TPSA) is 72.0 Å². The lowest BCUT2D eigenvalue weighted by atomic mass is 10.2. The summed E-state index contributed by atoms with van der Waals surface area (Å²) in [6.45, 7) is 1.63. The Labute approximate surface area is 120 Å². The summed E-state index contributed by atoms with van der Waals surface area (Å²) in [5.74, 6) is 0.0966. The van der Waals surface area contributed by atoms with Gasteiger partial charge in [-0.15, -0.1) is 0 Å². The summed E-state index contributed by atoms with van der Waals surface area (Å²) < 4.78 is 26.7. The lowest BCUT2D eigenvalue weighted by molar-refractivity contribution is 0.600. The van der Waals surface area contributed by atoms with E-state index in [9.17, 15) is 8.42 Å². The molecule has 1 N–H and O–H groups in total. The Morgan fingerprint density at radius 1 is 1.21 bits per heavy atom. The van der Waals surface area contributed by atoms with E-state index >= 15 is 0 Å². The third kappa shape index (κ3) is 3.15. The molecule has 0 aliphatic carbocycles.